The minimum atomic E-state index is 0.208. The average Bonchev–Trinajstić information content (AvgIpc) is 3.08. The highest BCUT2D eigenvalue weighted by Gasteiger charge is 2.19. The standard InChI is InChI=1S/C21H24N4O/c1-14(15-3-4-18-21(11-15)26-8-6-22-18)25-13-23-19-9-17-12-24(2)7-5-16(17)10-20(19)25/h3-4,9-11,13-14,22H,5-8,12H2,1-2H3. The third kappa shape index (κ3) is 2.54. The molecule has 1 unspecified atom stereocenters. The molecule has 1 N–H and O–H groups in total. The van der Waals surface area contributed by atoms with Crippen LogP contribution in [0.15, 0.2) is 36.7 Å². The lowest BCUT2D eigenvalue weighted by Crippen LogP contribution is -2.26. The summed E-state index contributed by atoms with van der Waals surface area (Å²) in [6, 6.07) is 11.3. The van der Waals surface area contributed by atoms with E-state index in [0.717, 1.165) is 49.6 Å². The van der Waals surface area contributed by atoms with Crippen molar-refractivity contribution in [1.29, 1.82) is 0 Å². The smallest absolute Gasteiger partial charge is 0.142 e. The van der Waals surface area contributed by atoms with Gasteiger partial charge in [-0.25, -0.2) is 4.98 Å². The van der Waals surface area contributed by atoms with E-state index in [0.29, 0.717) is 0 Å². The number of hydrogen-bond acceptors (Lipinski definition) is 4. The molecule has 0 saturated heterocycles. The second-order valence-electron chi connectivity index (χ2n) is 7.46. The zero-order chi connectivity index (χ0) is 17.7. The van der Waals surface area contributed by atoms with E-state index in [1.807, 2.05) is 6.33 Å². The molecule has 0 aliphatic carbocycles. The Morgan fingerprint density at radius 2 is 2.12 bits per heavy atom. The van der Waals surface area contributed by atoms with E-state index in [9.17, 15) is 0 Å². The zero-order valence-corrected chi connectivity index (χ0v) is 15.3. The maximum absolute atomic E-state index is 5.81. The van der Waals surface area contributed by atoms with Crippen molar-refractivity contribution >= 4 is 16.7 Å². The summed E-state index contributed by atoms with van der Waals surface area (Å²) < 4.78 is 8.10. The van der Waals surface area contributed by atoms with E-state index >= 15 is 0 Å². The Bertz CT molecular complexity index is 978. The Balaban J connectivity index is 1.54. The molecule has 1 aromatic heterocycles. The number of aromatic nitrogens is 2. The number of nitrogens with one attached hydrogen (secondary N) is 1. The Morgan fingerprint density at radius 1 is 1.19 bits per heavy atom. The maximum Gasteiger partial charge on any atom is 0.142 e. The van der Waals surface area contributed by atoms with Gasteiger partial charge in [-0.15, -0.1) is 0 Å². The summed E-state index contributed by atoms with van der Waals surface area (Å²) >= 11 is 0. The maximum atomic E-state index is 5.81. The summed E-state index contributed by atoms with van der Waals surface area (Å²) in [6.45, 7) is 5.96. The summed E-state index contributed by atoms with van der Waals surface area (Å²) in [6.07, 6.45) is 3.09. The SMILES string of the molecule is CC(c1ccc2c(c1)OCCN2)n1cnc2cc3c(cc21)CCN(C)C3. The van der Waals surface area contributed by atoms with Crippen LogP contribution in [0.4, 0.5) is 5.69 Å². The van der Waals surface area contributed by atoms with E-state index in [-0.39, 0.29) is 6.04 Å². The highest BCUT2D eigenvalue weighted by atomic mass is 16.5. The van der Waals surface area contributed by atoms with E-state index in [4.69, 9.17) is 4.74 Å². The van der Waals surface area contributed by atoms with Gasteiger partial charge in [0.25, 0.3) is 0 Å². The molecule has 0 bridgehead atoms. The van der Waals surface area contributed by atoms with Crippen LogP contribution in [0.2, 0.25) is 0 Å². The van der Waals surface area contributed by atoms with Crippen LogP contribution in [0.1, 0.15) is 29.7 Å². The molecular formula is C21H24N4O. The number of rotatable bonds is 2. The first-order chi connectivity index (χ1) is 12.7. The average molecular weight is 348 g/mol. The summed E-state index contributed by atoms with van der Waals surface area (Å²) in [5.41, 5.74) is 7.50. The zero-order valence-electron chi connectivity index (χ0n) is 15.3. The minimum Gasteiger partial charge on any atom is -0.490 e. The number of fused-ring (bicyclic) bond motifs is 3. The Kier molecular flexibility index (Phi) is 3.64. The fourth-order valence-corrected chi connectivity index (χ4v) is 4.10. The third-order valence-corrected chi connectivity index (χ3v) is 5.68. The first-order valence-electron chi connectivity index (χ1n) is 9.36. The van der Waals surface area contributed by atoms with Gasteiger partial charge in [-0.3, -0.25) is 0 Å². The Labute approximate surface area is 153 Å². The van der Waals surface area contributed by atoms with Gasteiger partial charge >= 0.3 is 0 Å². The van der Waals surface area contributed by atoms with Gasteiger partial charge in [-0.1, -0.05) is 6.07 Å². The van der Waals surface area contributed by atoms with Gasteiger partial charge in [0.1, 0.15) is 12.4 Å². The highest BCUT2D eigenvalue weighted by Crippen LogP contribution is 2.33. The van der Waals surface area contributed by atoms with Crippen molar-refractivity contribution in [3.8, 4) is 5.75 Å². The molecule has 5 nitrogen and oxygen atoms in total. The van der Waals surface area contributed by atoms with Crippen LogP contribution in [-0.2, 0) is 13.0 Å². The normalized spacial score (nSPS) is 17.9. The molecule has 2 aliphatic rings. The molecule has 0 fully saturated rings. The molecule has 2 aromatic carbocycles. The fraction of sp³-hybridized carbons (Fsp3) is 0.381. The fourth-order valence-electron chi connectivity index (χ4n) is 4.10. The number of likely N-dealkylation sites (N-methyl/N-ethyl adjacent to an activating group) is 1. The lowest BCUT2D eigenvalue weighted by atomic mass is 9.99. The molecular weight excluding hydrogens is 324 g/mol. The van der Waals surface area contributed by atoms with Crippen LogP contribution in [0.3, 0.4) is 0 Å². The monoisotopic (exact) mass is 348 g/mol. The van der Waals surface area contributed by atoms with E-state index in [1.165, 1.54) is 22.2 Å². The lowest BCUT2D eigenvalue weighted by Gasteiger charge is -2.25. The number of benzene rings is 2. The summed E-state index contributed by atoms with van der Waals surface area (Å²) in [7, 11) is 2.18. The van der Waals surface area contributed by atoms with Crippen LogP contribution in [-0.4, -0.2) is 41.2 Å². The summed E-state index contributed by atoms with van der Waals surface area (Å²) in [4.78, 5) is 7.06. The number of hydrogen-bond donors (Lipinski definition) is 1. The van der Waals surface area contributed by atoms with Crippen molar-refractivity contribution in [1.82, 2.24) is 14.5 Å². The second kappa shape index (κ2) is 6.02. The van der Waals surface area contributed by atoms with Gasteiger partial charge in [0.2, 0.25) is 0 Å². The minimum absolute atomic E-state index is 0.208. The number of ether oxygens (including phenoxy) is 1. The van der Waals surface area contributed by atoms with Crippen LogP contribution in [0.25, 0.3) is 11.0 Å². The first kappa shape index (κ1) is 15.7. The molecule has 0 amide bonds. The second-order valence-corrected chi connectivity index (χ2v) is 7.46. The van der Waals surface area contributed by atoms with Gasteiger partial charge in [0.15, 0.2) is 0 Å². The third-order valence-electron chi connectivity index (χ3n) is 5.68. The molecule has 5 rings (SSSR count). The number of nitrogens with zero attached hydrogens (tertiary/aromatic N) is 3. The van der Waals surface area contributed by atoms with E-state index in [2.05, 4.69) is 64.1 Å². The molecule has 1 atom stereocenters. The molecule has 0 spiro atoms. The molecule has 134 valence electrons. The first-order valence-corrected chi connectivity index (χ1v) is 9.36. The molecule has 3 heterocycles. The Morgan fingerprint density at radius 3 is 3.04 bits per heavy atom. The topological polar surface area (TPSA) is 42.3 Å². The van der Waals surface area contributed by atoms with Crippen molar-refractivity contribution in [2.24, 2.45) is 0 Å². The predicted octanol–water partition coefficient (Wildman–Crippen LogP) is 3.44. The summed E-state index contributed by atoms with van der Waals surface area (Å²) in [5, 5.41) is 3.38. The number of imidazole rings is 1. The number of anilines is 1. The van der Waals surface area contributed by atoms with Crippen LogP contribution < -0.4 is 10.1 Å². The van der Waals surface area contributed by atoms with Crippen molar-refractivity contribution in [2.75, 3.05) is 32.1 Å². The highest BCUT2D eigenvalue weighted by molar-refractivity contribution is 5.78. The van der Waals surface area contributed by atoms with Crippen molar-refractivity contribution < 1.29 is 4.74 Å². The van der Waals surface area contributed by atoms with Crippen molar-refractivity contribution in [3.63, 3.8) is 0 Å². The van der Waals surface area contributed by atoms with E-state index in [1.54, 1.807) is 0 Å². The van der Waals surface area contributed by atoms with Crippen molar-refractivity contribution in [3.05, 3.63) is 53.3 Å². The quantitative estimate of drug-likeness (QED) is 0.770. The van der Waals surface area contributed by atoms with Gasteiger partial charge in [-0.2, -0.15) is 0 Å². The molecule has 3 aromatic rings. The van der Waals surface area contributed by atoms with Gasteiger partial charge in [0.05, 0.1) is 29.1 Å². The van der Waals surface area contributed by atoms with Crippen molar-refractivity contribution in [2.45, 2.75) is 25.9 Å². The Hall–Kier alpha value is -2.53. The molecule has 26 heavy (non-hydrogen) atoms. The molecule has 5 heteroatoms. The largest absolute Gasteiger partial charge is 0.490 e. The summed E-state index contributed by atoms with van der Waals surface area (Å²) in [5.74, 6) is 0.949. The predicted molar refractivity (Wildman–Crippen MR) is 104 cm³/mol. The molecule has 0 radical (unpaired) electrons. The molecule has 0 saturated carbocycles. The lowest BCUT2D eigenvalue weighted by molar-refractivity contribution is 0.313. The van der Waals surface area contributed by atoms with Gasteiger partial charge in [-0.05, 0) is 61.3 Å². The van der Waals surface area contributed by atoms with Crippen LogP contribution >= 0.6 is 0 Å². The van der Waals surface area contributed by atoms with Gasteiger partial charge < -0.3 is 19.5 Å². The molecule has 2 aliphatic heterocycles. The van der Waals surface area contributed by atoms with Crippen LogP contribution in [0.5, 0.6) is 5.75 Å². The van der Waals surface area contributed by atoms with Crippen LogP contribution in [0, 0.1) is 0 Å². The van der Waals surface area contributed by atoms with Gasteiger partial charge in [0, 0.05) is 19.6 Å². The van der Waals surface area contributed by atoms with E-state index < -0.39 is 0 Å².